The summed E-state index contributed by atoms with van der Waals surface area (Å²) in [5.41, 5.74) is 3.46. The van der Waals surface area contributed by atoms with Crippen molar-refractivity contribution in [3.63, 3.8) is 0 Å². The number of amides is 6. The number of likely N-dealkylation sites (N-methyl/N-ethyl adjacent to an activating group) is 2. The van der Waals surface area contributed by atoms with Gasteiger partial charge in [-0.1, -0.05) is 102 Å². The molecule has 2 aromatic carbocycles. The predicted molar refractivity (Wildman–Crippen MR) is 290 cm³/mol. The summed E-state index contributed by atoms with van der Waals surface area (Å²) in [6.07, 6.45) is 9.26. The number of hydrogen-bond acceptors (Lipinski definition) is 12. The molecule has 6 amide bonds. The van der Waals surface area contributed by atoms with Gasteiger partial charge in [0.2, 0.25) is 35.4 Å². The summed E-state index contributed by atoms with van der Waals surface area (Å²) in [6.45, 7) is 12.9. The van der Waals surface area contributed by atoms with E-state index in [2.05, 4.69) is 83.9 Å². The summed E-state index contributed by atoms with van der Waals surface area (Å²) < 4.78 is 13.2. The summed E-state index contributed by atoms with van der Waals surface area (Å²) in [4.78, 5) is 86.7. The normalized spacial score (nSPS) is 29.5. The first-order chi connectivity index (χ1) is 35.4. The molecule has 12 atom stereocenters. The molecule has 0 spiro atoms. The molecule has 8 rings (SSSR count). The Hall–Kier alpha value is -4.20. The highest BCUT2D eigenvalue weighted by molar-refractivity contribution is 8.00. The zero-order valence-electron chi connectivity index (χ0n) is 44.8. The molecule has 2 aromatic rings. The Morgan fingerprint density at radius 1 is 0.595 bits per heavy atom. The fourth-order valence-electron chi connectivity index (χ4n) is 12.2. The maximum Gasteiger partial charge on any atom is 0.246 e. The Balaban J connectivity index is 0.796. The Kier molecular flexibility index (Phi) is 18.5. The quantitative estimate of drug-likeness (QED) is 0.0886. The van der Waals surface area contributed by atoms with Crippen molar-refractivity contribution in [2.24, 2.45) is 10.8 Å². The number of rotatable bonds is 21. The van der Waals surface area contributed by atoms with Gasteiger partial charge in [0.15, 0.2) is 0 Å². The molecule has 0 unspecified atom stereocenters. The highest BCUT2D eigenvalue weighted by atomic mass is 32.2. The smallest absolute Gasteiger partial charge is 0.246 e. The van der Waals surface area contributed by atoms with Crippen molar-refractivity contribution in [3.05, 3.63) is 70.8 Å². The molecule has 0 saturated carbocycles. The summed E-state index contributed by atoms with van der Waals surface area (Å²) in [5.74, 6) is 0.189. The van der Waals surface area contributed by atoms with Crippen molar-refractivity contribution < 1.29 is 38.2 Å². The van der Waals surface area contributed by atoms with Crippen LogP contribution in [0.3, 0.4) is 0 Å². The van der Waals surface area contributed by atoms with Crippen LogP contribution in [0.5, 0.6) is 0 Å². The van der Waals surface area contributed by atoms with Gasteiger partial charge in [-0.05, 0) is 111 Å². The topological polar surface area (TPSA) is 200 Å². The lowest BCUT2D eigenvalue weighted by Crippen LogP contribution is -2.58. The Morgan fingerprint density at radius 3 is 1.36 bits per heavy atom. The largest absolute Gasteiger partial charge is 0.375 e. The fourth-order valence-corrected chi connectivity index (χ4v) is 15.3. The monoisotopic (exact) mass is 1060 g/mol. The van der Waals surface area contributed by atoms with Gasteiger partial charge in [0, 0.05) is 26.1 Å². The van der Waals surface area contributed by atoms with E-state index in [4.69, 9.17) is 9.47 Å². The minimum atomic E-state index is -0.693. The van der Waals surface area contributed by atoms with Crippen LogP contribution in [0.4, 0.5) is 0 Å². The molecule has 0 bridgehead atoms. The van der Waals surface area contributed by atoms with Gasteiger partial charge in [0.25, 0.3) is 0 Å². The fraction of sp³-hybridized carbons (Fsp3) is 0.679. The maximum absolute atomic E-state index is 14.5. The van der Waals surface area contributed by atoms with Crippen molar-refractivity contribution in [2.45, 2.75) is 190 Å². The highest BCUT2D eigenvalue weighted by Crippen LogP contribution is 2.48. The van der Waals surface area contributed by atoms with Crippen LogP contribution in [0.2, 0.25) is 0 Å². The third kappa shape index (κ3) is 12.3. The van der Waals surface area contributed by atoms with Crippen LogP contribution in [0.1, 0.15) is 140 Å². The van der Waals surface area contributed by atoms with Gasteiger partial charge in [0.05, 0.1) is 47.1 Å². The second-order valence-electron chi connectivity index (χ2n) is 22.8. The number of nitrogens with zero attached hydrogens (tertiary/aromatic N) is 2. The second kappa shape index (κ2) is 24.4. The van der Waals surface area contributed by atoms with Crippen LogP contribution in [0.25, 0.3) is 0 Å². The van der Waals surface area contributed by atoms with E-state index in [0.29, 0.717) is 63.2 Å². The first-order valence-electron chi connectivity index (χ1n) is 27.3. The van der Waals surface area contributed by atoms with Gasteiger partial charge in [-0.25, -0.2) is 0 Å². The molecule has 0 radical (unpaired) electrons. The van der Waals surface area contributed by atoms with Crippen molar-refractivity contribution in [1.82, 2.24) is 41.7 Å². The lowest BCUT2D eigenvalue weighted by atomic mass is 9.83. The molecule has 0 aromatic heterocycles. The van der Waals surface area contributed by atoms with Crippen molar-refractivity contribution >= 4 is 59.0 Å². The van der Waals surface area contributed by atoms with Gasteiger partial charge in [-0.15, -0.1) is 23.5 Å². The van der Waals surface area contributed by atoms with Crippen LogP contribution >= 0.6 is 23.5 Å². The molecule has 4 fully saturated rings. The van der Waals surface area contributed by atoms with E-state index in [-0.39, 0.29) is 70.5 Å². The van der Waals surface area contributed by atoms with E-state index < -0.39 is 47.1 Å². The van der Waals surface area contributed by atoms with E-state index in [1.807, 2.05) is 24.3 Å². The Morgan fingerprint density at radius 2 is 0.973 bits per heavy atom. The number of fused-ring (bicyclic) bond motifs is 4. The number of thioether (sulfide) groups is 2. The van der Waals surface area contributed by atoms with Gasteiger partial charge < -0.3 is 51.2 Å². The zero-order valence-corrected chi connectivity index (χ0v) is 46.5. The average Bonchev–Trinajstić information content (AvgIpc) is 4.02. The molecule has 406 valence electrons. The molecule has 18 heteroatoms. The number of nitrogens with one attached hydrogen (secondary N) is 6. The Labute approximate surface area is 447 Å². The van der Waals surface area contributed by atoms with E-state index in [1.165, 1.54) is 0 Å². The summed E-state index contributed by atoms with van der Waals surface area (Å²) >= 11 is 3.38. The van der Waals surface area contributed by atoms with Gasteiger partial charge in [-0.3, -0.25) is 28.8 Å². The number of benzene rings is 2. The first kappa shape index (κ1) is 56.0. The molecule has 4 saturated heterocycles. The van der Waals surface area contributed by atoms with Gasteiger partial charge in [-0.2, -0.15) is 0 Å². The minimum Gasteiger partial charge on any atom is -0.375 e. The summed E-state index contributed by atoms with van der Waals surface area (Å²) in [7, 11) is 3.43. The van der Waals surface area contributed by atoms with Crippen LogP contribution in [-0.4, -0.2) is 143 Å². The van der Waals surface area contributed by atoms with E-state index in [9.17, 15) is 28.8 Å². The average molecular weight is 1060 g/mol. The molecule has 6 aliphatic rings. The molecular formula is C56H82N8O8S2. The number of carbonyl (C=O) groups excluding carboxylic acids is 6. The number of unbranched alkanes of at least 4 members (excludes halogenated alkanes) is 5. The molecule has 74 heavy (non-hydrogen) atoms. The van der Waals surface area contributed by atoms with Crippen molar-refractivity contribution in [2.75, 3.05) is 38.8 Å². The highest BCUT2D eigenvalue weighted by Gasteiger charge is 2.57. The third-order valence-electron chi connectivity index (χ3n) is 16.5. The predicted octanol–water partition coefficient (Wildman–Crippen LogP) is 5.29. The number of ether oxygens (including phenoxy) is 2. The van der Waals surface area contributed by atoms with Crippen LogP contribution < -0.4 is 31.9 Å². The number of hydrogen-bond donors (Lipinski definition) is 6. The van der Waals surface area contributed by atoms with E-state index >= 15 is 0 Å². The number of carbonyl (C=O) groups is 6. The molecule has 4 aliphatic heterocycles. The molecular weight excluding hydrogens is 977 g/mol. The van der Waals surface area contributed by atoms with Crippen molar-refractivity contribution in [1.29, 1.82) is 0 Å². The third-order valence-corrected chi connectivity index (χ3v) is 19.0. The van der Waals surface area contributed by atoms with Crippen LogP contribution in [0, 0.1) is 10.8 Å². The lowest BCUT2D eigenvalue weighted by molar-refractivity contribution is -0.144. The summed E-state index contributed by atoms with van der Waals surface area (Å²) in [6, 6.07) is 12.0. The van der Waals surface area contributed by atoms with Crippen molar-refractivity contribution in [3.8, 4) is 0 Å². The molecule has 2 aliphatic carbocycles. The molecule has 6 N–H and O–H groups in total. The maximum atomic E-state index is 14.5. The lowest BCUT2D eigenvalue weighted by Gasteiger charge is -2.35. The second-order valence-corrected chi connectivity index (χ2v) is 25.3. The van der Waals surface area contributed by atoms with E-state index in [0.717, 1.165) is 60.8 Å². The minimum absolute atomic E-state index is 0.146. The Bertz CT molecular complexity index is 2190. The van der Waals surface area contributed by atoms with Gasteiger partial charge in [0.1, 0.15) is 24.2 Å². The zero-order chi connectivity index (χ0) is 52.9. The molecule has 16 nitrogen and oxygen atoms in total. The standard InChI is InChI=1S/C56H82N8O8S2/c1-33(57-7)49(65)59-39-23-27-73-43-31-55(3,4)47(63(43)53(39)69)51(67)61-45-37-21-15-13-19-35(37)29-41(45)71-25-17-11-9-10-12-18-26-72-42-30-36-20-14-16-22-38(36)46(42)62-52(68)48-56(5,6)32-44-64(48)54(70)40(24-28-74-44)60-50(66)34(2)58-8/h13-16,19-22,33-34,39-48,57-58H,9-12,17-18,23-32H2,1-8H3,(H,59,65)(H,60,66)(H,61,67)(H,62,68)/t33-,34-,39-,40-,41+,42+,43-,44-,45-,46-,47+,48+/m0/s1. The van der Waals surface area contributed by atoms with E-state index in [1.54, 1.807) is 61.3 Å². The van der Waals surface area contributed by atoms with Crippen LogP contribution in [-0.2, 0) is 51.1 Å². The van der Waals surface area contributed by atoms with Gasteiger partial charge >= 0.3 is 0 Å². The molecule has 4 heterocycles. The SMILES string of the molecule is CN[C@@H](C)C(=O)N[C@H]1CCS[C@H]2CC(C)(C)[C@@H](C(=O)N[C@H]3c4ccccc4C[C@H]3OCCCCCCCCO[C@@H]3Cc4ccccc4[C@@H]3NC(=O)[C@H]3N4C(=O)[C@@H](NC(=O)[C@H](C)NC)CCS[C@H]4CC3(C)C)N2C1=O. The summed E-state index contributed by atoms with van der Waals surface area (Å²) in [5, 5.41) is 18.3. The van der Waals surface area contributed by atoms with Crippen LogP contribution in [0.15, 0.2) is 48.5 Å². The first-order valence-corrected chi connectivity index (χ1v) is 29.4.